The third-order valence-corrected chi connectivity index (χ3v) is 1.69. The van der Waals surface area contributed by atoms with Gasteiger partial charge < -0.3 is 4.74 Å². The molecule has 0 saturated heterocycles. The minimum Gasteiger partial charge on any atom is -0.465 e. The molecule has 0 amide bonds. The van der Waals surface area contributed by atoms with Crippen LogP contribution in [0.25, 0.3) is 0 Å². The van der Waals surface area contributed by atoms with E-state index in [1.807, 2.05) is 0 Å². The maximum atomic E-state index is 11.2. The summed E-state index contributed by atoms with van der Waals surface area (Å²) in [4.78, 5) is 25.5. The van der Waals surface area contributed by atoms with Crippen molar-refractivity contribution in [3.05, 3.63) is 29.1 Å². The number of hydrogen-bond donors (Lipinski definition) is 0. The monoisotopic (exact) mass is 179 g/mol. The van der Waals surface area contributed by atoms with Crippen LogP contribution in [0.15, 0.2) is 12.3 Å². The number of carbonyl (C=O) groups excluding carboxylic acids is 2. The molecular weight excluding hydrogens is 170 g/mol. The van der Waals surface area contributed by atoms with Crippen LogP contribution in [0.3, 0.4) is 0 Å². The Morgan fingerprint density at radius 1 is 1.62 bits per heavy atom. The first-order valence-corrected chi connectivity index (χ1v) is 3.69. The van der Waals surface area contributed by atoms with E-state index in [-0.39, 0.29) is 11.3 Å². The standard InChI is InChI=1S/C9H9NO3/c1-6-3-4-10-7(5-11)8(6)9(12)13-2/h3-5H,1-2H3. The largest absolute Gasteiger partial charge is 0.465 e. The molecule has 0 N–H and O–H groups in total. The number of hydrogen-bond acceptors (Lipinski definition) is 4. The quantitative estimate of drug-likeness (QED) is 0.501. The van der Waals surface area contributed by atoms with Gasteiger partial charge in [0, 0.05) is 6.20 Å². The lowest BCUT2D eigenvalue weighted by atomic mass is 10.1. The van der Waals surface area contributed by atoms with Gasteiger partial charge in [0.1, 0.15) is 5.69 Å². The summed E-state index contributed by atoms with van der Waals surface area (Å²) in [6, 6.07) is 1.65. The summed E-state index contributed by atoms with van der Waals surface area (Å²) >= 11 is 0. The third-order valence-electron chi connectivity index (χ3n) is 1.69. The number of carbonyl (C=O) groups is 2. The molecule has 0 aliphatic heterocycles. The highest BCUT2D eigenvalue weighted by atomic mass is 16.5. The van der Waals surface area contributed by atoms with Gasteiger partial charge in [0.25, 0.3) is 0 Å². The molecule has 0 bridgehead atoms. The number of pyridine rings is 1. The Kier molecular flexibility index (Phi) is 2.74. The van der Waals surface area contributed by atoms with Crippen molar-refractivity contribution >= 4 is 12.3 Å². The van der Waals surface area contributed by atoms with Gasteiger partial charge in [-0.25, -0.2) is 4.79 Å². The molecule has 1 rings (SSSR count). The van der Waals surface area contributed by atoms with Gasteiger partial charge in [-0.2, -0.15) is 0 Å². The number of rotatable bonds is 2. The van der Waals surface area contributed by atoms with E-state index in [2.05, 4.69) is 9.72 Å². The number of ether oxygens (including phenoxy) is 1. The molecular formula is C9H9NO3. The Balaban J connectivity index is 3.30. The Morgan fingerprint density at radius 2 is 2.31 bits per heavy atom. The summed E-state index contributed by atoms with van der Waals surface area (Å²) in [5.41, 5.74) is 1.04. The van der Waals surface area contributed by atoms with Crippen LogP contribution >= 0.6 is 0 Å². The first kappa shape index (κ1) is 9.38. The third kappa shape index (κ3) is 1.72. The fourth-order valence-electron chi connectivity index (χ4n) is 1.04. The maximum Gasteiger partial charge on any atom is 0.340 e. The summed E-state index contributed by atoms with van der Waals surface area (Å²) in [6.45, 7) is 1.72. The molecule has 1 aromatic rings. The molecule has 1 heterocycles. The molecule has 4 heteroatoms. The topological polar surface area (TPSA) is 56.3 Å². The molecule has 1 aromatic heterocycles. The van der Waals surface area contributed by atoms with Gasteiger partial charge in [0.15, 0.2) is 6.29 Å². The number of nitrogens with zero attached hydrogens (tertiary/aromatic N) is 1. The van der Waals surface area contributed by atoms with Crippen molar-refractivity contribution < 1.29 is 14.3 Å². The van der Waals surface area contributed by atoms with Crippen LogP contribution < -0.4 is 0 Å². The lowest BCUT2D eigenvalue weighted by Crippen LogP contribution is -2.09. The average molecular weight is 179 g/mol. The van der Waals surface area contributed by atoms with E-state index in [4.69, 9.17) is 0 Å². The minimum absolute atomic E-state index is 0.117. The Labute approximate surface area is 75.5 Å². The molecule has 0 radical (unpaired) electrons. The maximum absolute atomic E-state index is 11.2. The van der Waals surface area contributed by atoms with Crippen molar-refractivity contribution in [2.24, 2.45) is 0 Å². The van der Waals surface area contributed by atoms with Crippen LogP contribution in [-0.2, 0) is 4.74 Å². The van der Waals surface area contributed by atoms with Crippen molar-refractivity contribution in [2.75, 3.05) is 7.11 Å². The molecule has 4 nitrogen and oxygen atoms in total. The molecule has 0 spiro atoms. The predicted molar refractivity (Wildman–Crippen MR) is 45.7 cm³/mol. The first-order valence-electron chi connectivity index (χ1n) is 3.69. The molecule has 0 atom stereocenters. The van der Waals surface area contributed by atoms with E-state index < -0.39 is 5.97 Å². The van der Waals surface area contributed by atoms with Crippen LogP contribution in [0.1, 0.15) is 26.4 Å². The van der Waals surface area contributed by atoms with E-state index in [1.54, 1.807) is 13.0 Å². The highest BCUT2D eigenvalue weighted by Crippen LogP contribution is 2.10. The second-order valence-electron chi connectivity index (χ2n) is 2.50. The van der Waals surface area contributed by atoms with Gasteiger partial charge in [-0.3, -0.25) is 9.78 Å². The number of aryl methyl sites for hydroxylation is 1. The van der Waals surface area contributed by atoms with E-state index in [1.165, 1.54) is 13.3 Å². The highest BCUT2D eigenvalue weighted by Gasteiger charge is 2.14. The van der Waals surface area contributed by atoms with Crippen LogP contribution in [0.2, 0.25) is 0 Å². The molecule has 13 heavy (non-hydrogen) atoms. The lowest BCUT2D eigenvalue weighted by molar-refractivity contribution is 0.0597. The Bertz CT molecular complexity index is 347. The second-order valence-corrected chi connectivity index (χ2v) is 2.50. The van der Waals surface area contributed by atoms with E-state index in [9.17, 15) is 9.59 Å². The average Bonchev–Trinajstić information content (AvgIpc) is 2.16. The summed E-state index contributed by atoms with van der Waals surface area (Å²) in [7, 11) is 1.27. The van der Waals surface area contributed by atoms with Crippen molar-refractivity contribution in [1.29, 1.82) is 0 Å². The molecule has 0 aromatic carbocycles. The summed E-state index contributed by atoms with van der Waals surface area (Å²) in [5.74, 6) is -0.535. The van der Waals surface area contributed by atoms with Gasteiger partial charge in [-0.15, -0.1) is 0 Å². The Hall–Kier alpha value is -1.71. The fraction of sp³-hybridized carbons (Fsp3) is 0.222. The molecule has 0 aliphatic rings. The first-order chi connectivity index (χ1) is 6.20. The van der Waals surface area contributed by atoms with Crippen LogP contribution in [-0.4, -0.2) is 24.3 Å². The predicted octanol–water partition coefficient (Wildman–Crippen LogP) is 0.989. The van der Waals surface area contributed by atoms with E-state index in [0.29, 0.717) is 11.8 Å². The van der Waals surface area contributed by atoms with Gasteiger partial charge in [0.05, 0.1) is 12.7 Å². The van der Waals surface area contributed by atoms with Gasteiger partial charge >= 0.3 is 5.97 Å². The molecule has 0 aliphatic carbocycles. The van der Waals surface area contributed by atoms with Gasteiger partial charge in [-0.1, -0.05) is 0 Å². The summed E-state index contributed by atoms with van der Waals surface area (Å²) < 4.78 is 4.52. The van der Waals surface area contributed by atoms with Crippen LogP contribution in [0.4, 0.5) is 0 Å². The normalized spacial score (nSPS) is 9.38. The summed E-state index contributed by atoms with van der Waals surface area (Å²) in [5, 5.41) is 0. The minimum atomic E-state index is -0.535. The van der Waals surface area contributed by atoms with Crippen molar-refractivity contribution in [2.45, 2.75) is 6.92 Å². The number of methoxy groups -OCH3 is 1. The number of aldehydes is 1. The molecule has 0 saturated carbocycles. The van der Waals surface area contributed by atoms with Crippen LogP contribution in [0.5, 0.6) is 0 Å². The molecule has 0 unspecified atom stereocenters. The fourth-order valence-corrected chi connectivity index (χ4v) is 1.04. The SMILES string of the molecule is COC(=O)c1c(C)ccnc1C=O. The zero-order valence-corrected chi connectivity index (χ0v) is 7.40. The van der Waals surface area contributed by atoms with Gasteiger partial charge in [0.2, 0.25) is 0 Å². The molecule has 0 fully saturated rings. The Morgan fingerprint density at radius 3 is 2.85 bits per heavy atom. The van der Waals surface area contributed by atoms with Crippen LogP contribution in [0, 0.1) is 6.92 Å². The number of esters is 1. The highest BCUT2D eigenvalue weighted by molar-refractivity contribution is 5.98. The van der Waals surface area contributed by atoms with Crippen molar-refractivity contribution in [1.82, 2.24) is 4.98 Å². The molecule has 68 valence electrons. The van der Waals surface area contributed by atoms with E-state index >= 15 is 0 Å². The lowest BCUT2D eigenvalue weighted by Gasteiger charge is -2.04. The van der Waals surface area contributed by atoms with E-state index in [0.717, 1.165) is 0 Å². The zero-order chi connectivity index (χ0) is 9.84. The number of aromatic nitrogens is 1. The zero-order valence-electron chi connectivity index (χ0n) is 7.40. The smallest absolute Gasteiger partial charge is 0.340 e. The van der Waals surface area contributed by atoms with Gasteiger partial charge in [-0.05, 0) is 18.6 Å². The van der Waals surface area contributed by atoms with Crippen molar-refractivity contribution in [3.8, 4) is 0 Å². The summed E-state index contributed by atoms with van der Waals surface area (Å²) in [6.07, 6.45) is 2.02. The second kappa shape index (κ2) is 3.80. The van der Waals surface area contributed by atoms with Crippen molar-refractivity contribution in [3.63, 3.8) is 0 Å².